The quantitative estimate of drug-likeness (QED) is 0.835. The molecule has 0 fully saturated rings. The average molecular weight is 226 g/mol. The molecule has 2 aromatic rings. The number of aromatic hydroxyl groups is 1. The number of phenolic OH excluding ortho intramolecular Hbond substituents is 1. The molecule has 0 unspecified atom stereocenters. The second kappa shape index (κ2) is 5.05. The minimum atomic E-state index is 0.225. The highest BCUT2D eigenvalue weighted by atomic mass is 16.3. The normalized spacial score (nSPS) is 12.4. The van der Waals surface area contributed by atoms with E-state index in [9.17, 15) is 5.11 Å². The van der Waals surface area contributed by atoms with Crippen LogP contribution in [0.1, 0.15) is 36.5 Å². The largest absolute Gasteiger partial charge is 0.508 e. The fourth-order valence-corrected chi connectivity index (χ4v) is 2.09. The lowest BCUT2D eigenvalue weighted by Crippen LogP contribution is -1.97. The van der Waals surface area contributed by atoms with Crippen molar-refractivity contribution < 1.29 is 5.11 Å². The highest BCUT2D eigenvalue weighted by molar-refractivity contribution is 5.43. The van der Waals surface area contributed by atoms with Crippen molar-refractivity contribution in [3.05, 3.63) is 65.2 Å². The number of rotatable bonds is 3. The standard InChI is InChI=1S/C16H18O/c1-3-13-9-10-16(17)15(11-13)12(2)14-7-5-4-6-8-14/h4-12,17H,3H2,1-2H3/t12-/m1/s1. The van der Waals surface area contributed by atoms with Crippen LogP contribution in [0.4, 0.5) is 0 Å². The molecule has 0 bridgehead atoms. The number of benzene rings is 2. The molecule has 0 aliphatic heterocycles. The van der Waals surface area contributed by atoms with Crippen LogP contribution in [0.2, 0.25) is 0 Å². The third-order valence-corrected chi connectivity index (χ3v) is 3.27. The van der Waals surface area contributed by atoms with E-state index in [0.717, 1.165) is 12.0 Å². The second-order valence-electron chi connectivity index (χ2n) is 4.38. The molecule has 0 aliphatic carbocycles. The van der Waals surface area contributed by atoms with Crippen LogP contribution < -0.4 is 0 Å². The average Bonchev–Trinajstić information content (AvgIpc) is 2.39. The van der Waals surface area contributed by atoms with E-state index in [1.165, 1.54) is 11.1 Å². The summed E-state index contributed by atoms with van der Waals surface area (Å²) in [6.07, 6.45) is 0.995. The molecule has 88 valence electrons. The van der Waals surface area contributed by atoms with Gasteiger partial charge in [0.15, 0.2) is 0 Å². The van der Waals surface area contributed by atoms with E-state index in [1.54, 1.807) is 6.07 Å². The molecule has 1 heteroatoms. The second-order valence-corrected chi connectivity index (χ2v) is 4.38. The zero-order valence-corrected chi connectivity index (χ0v) is 10.4. The smallest absolute Gasteiger partial charge is 0.119 e. The summed E-state index contributed by atoms with van der Waals surface area (Å²) >= 11 is 0. The molecule has 1 nitrogen and oxygen atoms in total. The van der Waals surface area contributed by atoms with Crippen molar-refractivity contribution in [2.45, 2.75) is 26.2 Å². The predicted molar refractivity (Wildman–Crippen MR) is 71.4 cm³/mol. The number of phenols is 1. The van der Waals surface area contributed by atoms with Crippen molar-refractivity contribution in [1.82, 2.24) is 0 Å². The van der Waals surface area contributed by atoms with Crippen molar-refractivity contribution in [3.63, 3.8) is 0 Å². The van der Waals surface area contributed by atoms with Gasteiger partial charge in [-0.1, -0.05) is 56.3 Å². The van der Waals surface area contributed by atoms with Gasteiger partial charge in [-0.05, 0) is 23.6 Å². The van der Waals surface area contributed by atoms with Crippen molar-refractivity contribution >= 4 is 0 Å². The molecule has 0 saturated heterocycles. The Labute approximate surface area is 103 Å². The summed E-state index contributed by atoms with van der Waals surface area (Å²) in [6, 6.07) is 16.2. The lowest BCUT2D eigenvalue weighted by molar-refractivity contribution is 0.466. The fraction of sp³-hybridized carbons (Fsp3) is 0.250. The first kappa shape index (κ1) is 11.7. The lowest BCUT2D eigenvalue weighted by atomic mass is 9.91. The van der Waals surface area contributed by atoms with E-state index in [1.807, 2.05) is 24.3 Å². The van der Waals surface area contributed by atoms with Crippen molar-refractivity contribution in [2.24, 2.45) is 0 Å². The van der Waals surface area contributed by atoms with Gasteiger partial charge in [0.05, 0.1) is 0 Å². The molecular weight excluding hydrogens is 208 g/mol. The van der Waals surface area contributed by atoms with Gasteiger partial charge in [-0.2, -0.15) is 0 Å². The first-order valence-electron chi connectivity index (χ1n) is 6.09. The third kappa shape index (κ3) is 2.50. The Morgan fingerprint density at radius 1 is 1.06 bits per heavy atom. The van der Waals surface area contributed by atoms with Crippen LogP contribution in [0.5, 0.6) is 5.75 Å². The molecule has 17 heavy (non-hydrogen) atoms. The summed E-state index contributed by atoms with van der Waals surface area (Å²) in [5, 5.41) is 9.96. The number of hydrogen-bond acceptors (Lipinski definition) is 1. The van der Waals surface area contributed by atoms with Crippen LogP contribution in [0.3, 0.4) is 0 Å². The van der Waals surface area contributed by atoms with Gasteiger partial charge < -0.3 is 5.11 Å². The first-order valence-corrected chi connectivity index (χ1v) is 6.09. The summed E-state index contributed by atoms with van der Waals surface area (Å²) < 4.78 is 0. The summed E-state index contributed by atoms with van der Waals surface area (Å²) in [5.41, 5.74) is 3.51. The van der Waals surface area contributed by atoms with Crippen LogP contribution >= 0.6 is 0 Å². The minimum absolute atomic E-state index is 0.225. The maximum absolute atomic E-state index is 9.96. The molecule has 0 radical (unpaired) electrons. The maximum Gasteiger partial charge on any atom is 0.119 e. The van der Waals surface area contributed by atoms with Gasteiger partial charge in [0.25, 0.3) is 0 Å². The van der Waals surface area contributed by atoms with Gasteiger partial charge in [0.2, 0.25) is 0 Å². The summed E-state index contributed by atoms with van der Waals surface area (Å²) in [5.74, 6) is 0.612. The molecule has 2 aromatic carbocycles. The van der Waals surface area contributed by atoms with E-state index in [-0.39, 0.29) is 5.92 Å². The molecule has 0 spiro atoms. The molecule has 0 amide bonds. The van der Waals surface area contributed by atoms with E-state index >= 15 is 0 Å². The predicted octanol–water partition coefficient (Wildman–Crippen LogP) is 4.11. The van der Waals surface area contributed by atoms with Gasteiger partial charge in [-0.15, -0.1) is 0 Å². The highest BCUT2D eigenvalue weighted by Gasteiger charge is 2.12. The zero-order valence-electron chi connectivity index (χ0n) is 10.4. The number of aryl methyl sites for hydroxylation is 1. The summed E-state index contributed by atoms with van der Waals surface area (Å²) in [4.78, 5) is 0. The third-order valence-electron chi connectivity index (χ3n) is 3.27. The van der Waals surface area contributed by atoms with Crippen LogP contribution in [-0.2, 0) is 6.42 Å². The molecule has 1 N–H and O–H groups in total. The zero-order chi connectivity index (χ0) is 12.3. The molecule has 0 saturated carbocycles. The molecule has 0 aliphatic rings. The van der Waals surface area contributed by atoms with Crippen molar-refractivity contribution in [1.29, 1.82) is 0 Å². The lowest BCUT2D eigenvalue weighted by Gasteiger charge is -2.15. The van der Waals surface area contributed by atoms with Gasteiger partial charge in [-0.3, -0.25) is 0 Å². The van der Waals surface area contributed by atoms with Gasteiger partial charge in [0, 0.05) is 11.5 Å². The molecule has 2 rings (SSSR count). The minimum Gasteiger partial charge on any atom is -0.508 e. The molecule has 1 atom stereocenters. The summed E-state index contributed by atoms with van der Waals surface area (Å²) in [7, 11) is 0. The van der Waals surface area contributed by atoms with E-state index in [0.29, 0.717) is 5.75 Å². The molecule has 0 heterocycles. The van der Waals surface area contributed by atoms with E-state index in [4.69, 9.17) is 0 Å². The van der Waals surface area contributed by atoms with Gasteiger partial charge in [-0.25, -0.2) is 0 Å². The Morgan fingerprint density at radius 2 is 1.76 bits per heavy atom. The van der Waals surface area contributed by atoms with Crippen LogP contribution in [-0.4, -0.2) is 5.11 Å². The van der Waals surface area contributed by atoms with E-state index < -0.39 is 0 Å². The Hall–Kier alpha value is -1.76. The fourth-order valence-electron chi connectivity index (χ4n) is 2.09. The van der Waals surface area contributed by atoms with Crippen LogP contribution in [0.15, 0.2) is 48.5 Å². The van der Waals surface area contributed by atoms with Crippen molar-refractivity contribution in [2.75, 3.05) is 0 Å². The molecular formula is C16H18O. The highest BCUT2D eigenvalue weighted by Crippen LogP contribution is 2.31. The Morgan fingerprint density at radius 3 is 2.41 bits per heavy atom. The van der Waals surface area contributed by atoms with Gasteiger partial charge >= 0.3 is 0 Å². The SMILES string of the molecule is CCc1ccc(O)c([C@H](C)c2ccccc2)c1. The summed E-state index contributed by atoms with van der Waals surface area (Å²) in [6.45, 7) is 4.26. The van der Waals surface area contributed by atoms with Gasteiger partial charge in [0.1, 0.15) is 5.75 Å². The molecule has 0 aromatic heterocycles. The Balaban J connectivity index is 2.40. The van der Waals surface area contributed by atoms with E-state index in [2.05, 4.69) is 32.0 Å². The monoisotopic (exact) mass is 226 g/mol. The topological polar surface area (TPSA) is 20.2 Å². The number of hydrogen-bond donors (Lipinski definition) is 1. The maximum atomic E-state index is 9.96. The first-order chi connectivity index (χ1) is 8.22. The Kier molecular flexibility index (Phi) is 3.48. The van der Waals surface area contributed by atoms with Crippen LogP contribution in [0, 0.1) is 0 Å². The Bertz CT molecular complexity index is 488. The van der Waals surface area contributed by atoms with Crippen LogP contribution in [0.25, 0.3) is 0 Å². The van der Waals surface area contributed by atoms with Crippen molar-refractivity contribution in [3.8, 4) is 5.75 Å².